The zero-order chi connectivity index (χ0) is 10.8. The Morgan fingerprint density at radius 2 is 2.21 bits per heavy atom. The molecule has 0 radical (unpaired) electrons. The molecule has 14 heavy (non-hydrogen) atoms. The summed E-state index contributed by atoms with van der Waals surface area (Å²) >= 11 is 1.76. The second-order valence-corrected chi connectivity index (χ2v) is 8.09. The van der Waals surface area contributed by atoms with Gasteiger partial charge in [0.2, 0.25) is 0 Å². The smallest absolute Gasteiger partial charge is 0.147 e. The molecular weight excluding hydrogens is 220 g/mol. The molecule has 5 heteroatoms. The van der Waals surface area contributed by atoms with Gasteiger partial charge in [0.1, 0.15) is 9.84 Å². The van der Waals surface area contributed by atoms with Crippen LogP contribution in [0.5, 0.6) is 0 Å². The van der Waals surface area contributed by atoms with Crippen LogP contribution in [0.15, 0.2) is 0 Å². The number of aliphatic hydroxyl groups excluding tert-OH is 1. The van der Waals surface area contributed by atoms with Gasteiger partial charge in [0.05, 0.1) is 11.9 Å². The van der Waals surface area contributed by atoms with Crippen molar-refractivity contribution in [1.29, 1.82) is 0 Å². The molecule has 2 unspecified atom stereocenters. The van der Waals surface area contributed by atoms with E-state index in [1.807, 2.05) is 6.92 Å². The molecule has 1 N–H and O–H groups in total. The molecule has 1 aliphatic rings. The van der Waals surface area contributed by atoms with E-state index in [4.69, 9.17) is 0 Å². The number of aliphatic hydroxyl groups is 1. The normalized spacial score (nSPS) is 30.5. The average Bonchev–Trinajstić information content (AvgIpc) is 2.48. The summed E-state index contributed by atoms with van der Waals surface area (Å²) in [6, 6.07) is 0. The van der Waals surface area contributed by atoms with Gasteiger partial charge >= 0.3 is 0 Å². The lowest BCUT2D eigenvalue weighted by Gasteiger charge is -2.28. The Hall–Kier alpha value is 0.260. The maximum Gasteiger partial charge on any atom is 0.147 e. The predicted molar refractivity (Wildman–Crippen MR) is 60.4 cm³/mol. The fourth-order valence-corrected chi connectivity index (χ4v) is 3.70. The number of hydrogen-bond donors (Lipinski definition) is 1. The van der Waals surface area contributed by atoms with Crippen LogP contribution in [-0.2, 0) is 9.84 Å². The fourth-order valence-electron chi connectivity index (χ4n) is 1.69. The summed E-state index contributed by atoms with van der Waals surface area (Å²) < 4.78 is 21.8. The van der Waals surface area contributed by atoms with Crippen molar-refractivity contribution in [3.63, 3.8) is 0 Å². The molecule has 2 atom stereocenters. The van der Waals surface area contributed by atoms with E-state index in [0.717, 1.165) is 18.6 Å². The fraction of sp³-hybridized carbons (Fsp3) is 1.00. The monoisotopic (exact) mass is 238 g/mol. The summed E-state index contributed by atoms with van der Waals surface area (Å²) in [6.45, 7) is 2.03. The van der Waals surface area contributed by atoms with Crippen molar-refractivity contribution in [2.75, 3.05) is 17.8 Å². The standard InChI is InChI=1S/C9H18O3S2/c1-9(5-3-6-13-9)8(10)4-7-14(2,11)12/h8,10H,3-7H2,1-2H3. The van der Waals surface area contributed by atoms with E-state index in [-0.39, 0.29) is 10.5 Å². The molecule has 0 saturated carbocycles. The Bertz CT molecular complexity index is 278. The highest BCUT2D eigenvalue weighted by molar-refractivity contribution is 8.00. The van der Waals surface area contributed by atoms with E-state index in [1.54, 1.807) is 11.8 Å². The van der Waals surface area contributed by atoms with Crippen molar-refractivity contribution >= 4 is 21.6 Å². The van der Waals surface area contributed by atoms with Crippen LogP contribution in [0.1, 0.15) is 26.2 Å². The van der Waals surface area contributed by atoms with Crippen molar-refractivity contribution in [3.8, 4) is 0 Å². The molecule has 0 spiro atoms. The molecule has 1 saturated heterocycles. The lowest BCUT2D eigenvalue weighted by atomic mass is 9.97. The Balaban J connectivity index is 2.45. The maximum absolute atomic E-state index is 10.9. The summed E-state index contributed by atoms with van der Waals surface area (Å²) in [4.78, 5) is 0. The lowest BCUT2D eigenvalue weighted by Crippen LogP contribution is -2.35. The van der Waals surface area contributed by atoms with Gasteiger partial charge in [-0.1, -0.05) is 0 Å². The van der Waals surface area contributed by atoms with Crippen LogP contribution in [0, 0.1) is 0 Å². The van der Waals surface area contributed by atoms with E-state index in [2.05, 4.69) is 0 Å². The number of thioether (sulfide) groups is 1. The molecule has 0 aromatic rings. The van der Waals surface area contributed by atoms with Gasteiger partial charge in [0.25, 0.3) is 0 Å². The van der Waals surface area contributed by atoms with Crippen molar-refractivity contribution in [3.05, 3.63) is 0 Å². The van der Waals surface area contributed by atoms with E-state index in [1.165, 1.54) is 6.26 Å². The van der Waals surface area contributed by atoms with E-state index < -0.39 is 15.9 Å². The van der Waals surface area contributed by atoms with E-state index in [0.29, 0.717) is 6.42 Å². The molecule has 1 heterocycles. The molecule has 0 bridgehead atoms. The van der Waals surface area contributed by atoms with E-state index in [9.17, 15) is 13.5 Å². The van der Waals surface area contributed by atoms with E-state index >= 15 is 0 Å². The van der Waals surface area contributed by atoms with Crippen molar-refractivity contribution < 1.29 is 13.5 Å². The van der Waals surface area contributed by atoms with Gasteiger partial charge < -0.3 is 5.11 Å². The summed E-state index contributed by atoms with van der Waals surface area (Å²) in [7, 11) is -2.94. The average molecular weight is 238 g/mol. The zero-order valence-corrected chi connectivity index (χ0v) is 10.3. The Morgan fingerprint density at radius 1 is 1.57 bits per heavy atom. The van der Waals surface area contributed by atoms with Gasteiger partial charge in [0, 0.05) is 11.0 Å². The lowest BCUT2D eigenvalue weighted by molar-refractivity contribution is 0.130. The third-order valence-corrected chi connectivity index (χ3v) is 5.32. The minimum absolute atomic E-state index is 0.0876. The molecule has 1 fully saturated rings. The molecule has 0 amide bonds. The molecule has 1 aliphatic heterocycles. The molecule has 0 aliphatic carbocycles. The van der Waals surface area contributed by atoms with Crippen molar-refractivity contribution in [1.82, 2.24) is 0 Å². The molecule has 84 valence electrons. The van der Waals surface area contributed by atoms with Crippen LogP contribution in [0.25, 0.3) is 0 Å². The first-order valence-electron chi connectivity index (χ1n) is 4.83. The second-order valence-electron chi connectivity index (χ2n) is 4.20. The van der Waals surface area contributed by atoms with Crippen LogP contribution in [0.3, 0.4) is 0 Å². The van der Waals surface area contributed by atoms with Gasteiger partial charge in [-0.25, -0.2) is 8.42 Å². The first-order valence-corrected chi connectivity index (χ1v) is 7.88. The number of hydrogen-bond acceptors (Lipinski definition) is 4. The van der Waals surface area contributed by atoms with Crippen LogP contribution >= 0.6 is 11.8 Å². The summed E-state index contributed by atoms with van der Waals surface area (Å²) in [5, 5.41) is 9.89. The Labute approximate surface area is 90.2 Å². The van der Waals surface area contributed by atoms with Crippen molar-refractivity contribution in [2.24, 2.45) is 0 Å². The molecule has 3 nitrogen and oxygen atoms in total. The highest BCUT2D eigenvalue weighted by Crippen LogP contribution is 2.41. The van der Waals surface area contributed by atoms with Gasteiger partial charge in [-0.15, -0.1) is 0 Å². The van der Waals surface area contributed by atoms with Gasteiger partial charge in [0.15, 0.2) is 0 Å². The summed E-state index contributed by atoms with van der Waals surface area (Å²) in [5.74, 6) is 1.16. The van der Waals surface area contributed by atoms with Crippen LogP contribution in [0.4, 0.5) is 0 Å². The van der Waals surface area contributed by atoms with Gasteiger partial charge in [-0.2, -0.15) is 11.8 Å². The first-order chi connectivity index (χ1) is 6.33. The third kappa shape index (κ3) is 3.44. The Kier molecular flexibility index (Phi) is 3.88. The van der Waals surface area contributed by atoms with Crippen molar-refractivity contribution in [2.45, 2.75) is 37.0 Å². The summed E-state index contributed by atoms with van der Waals surface area (Å²) in [6.07, 6.45) is 3.19. The Morgan fingerprint density at radius 3 is 2.64 bits per heavy atom. The van der Waals surface area contributed by atoms with Gasteiger partial charge in [-0.05, 0) is 31.9 Å². The van der Waals surface area contributed by atoms with Crippen LogP contribution < -0.4 is 0 Å². The van der Waals surface area contributed by atoms with Crippen LogP contribution in [0.2, 0.25) is 0 Å². The SMILES string of the molecule is CC1(C(O)CCS(C)(=O)=O)CCCS1. The topological polar surface area (TPSA) is 54.4 Å². The van der Waals surface area contributed by atoms with Crippen LogP contribution in [-0.4, -0.2) is 42.1 Å². The highest BCUT2D eigenvalue weighted by Gasteiger charge is 2.36. The maximum atomic E-state index is 10.9. The first kappa shape index (κ1) is 12.3. The predicted octanol–water partition coefficient (Wildman–Crippen LogP) is 1.07. The molecule has 0 aromatic heterocycles. The molecule has 0 aromatic carbocycles. The third-order valence-electron chi connectivity index (χ3n) is 2.72. The molecular formula is C9H18O3S2. The largest absolute Gasteiger partial charge is 0.392 e. The molecule has 1 rings (SSSR count). The van der Waals surface area contributed by atoms with Gasteiger partial charge in [-0.3, -0.25) is 0 Å². The number of sulfone groups is 1. The minimum Gasteiger partial charge on any atom is -0.392 e. The quantitative estimate of drug-likeness (QED) is 0.796. The second kappa shape index (κ2) is 4.41. The highest BCUT2D eigenvalue weighted by atomic mass is 32.2. The number of rotatable bonds is 4. The minimum atomic E-state index is -2.94. The zero-order valence-electron chi connectivity index (χ0n) is 8.69. The summed E-state index contributed by atoms with van der Waals surface area (Å²) in [5.41, 5.74) is 0.